The van der Waals surface area contributed by atoms with Crippen LogP contribution in [0.2, 0.25) is 5.02 Å². The van der Waals surface area contributed by atoms with Gasteiger partial charge in [0.05, 0.1) is 11.7 Å². The first-order chi connectivity index (χ1) is 15.1. The second-order valence-electron chi connectivity index (χ2n) is 9.05. The van der Waals surface area contributed by atoms with Gasteiger partial charge in [-0.3, -0.25) is 14.9 Å². The SMILES string of the molecule is O=C(CSC1NC(=O)C2C(N1)c1ccccc1CC21CCCCC1)c1ccc(Cl)cc1. The van der Waals surface area contributed by atoms with Crippen molar-refractivity contribution in [1.29, 1.82) is 0 Å². The van der Waals surface area contributed by atoms with E-state index in [2.05, 4.69) is 34.9 Å². The van der Waals surface area contributed by atoms with Crippen molar-refractivity contribution in [3.8, 4) is 0 Å². The molecular weight excluding hydrogens is 428 g/mol. The van der Waals surface area contributed by atoms with Crippen molar-refractivity contribution >= 4 is 35.1 Å². The van der Waals surface area contributed by atoms with E-state index < -0.39 is 0 Å². The van der Waals surface area contributed by atoms with Gasteiger partial charge in [-0.15, -0.1) is 11.8 Å². The number of fused-ring (bicyclic) bond motifs is 4. The van der Waals surface area contributed by atoms with E-state index in [1.807, 2.05) is 0 Å². The maximum atomic E-state index is 13.4. The number of ketones is 1. The lowest BCUT2D eigenvalue weighted by Crippen LogP contribution is -2.62. The van der Waals surface area contributed by atoms with Crippen LogP contribution in [0.4, 0.5) is 0 Å². The molecule has 4 nitrogen and oxygen atoms in total. The summed E-state index contributed by atoms with van der Waals surface area (Å²) in [7, 11) is 0. The Kier molecular flexibility index (Phi) is 5.84. The van der Waals surface area contributed by atoms with Gasteiger partial charge in [-0.2, -0.15) is 0 Å². The minimum Gasteiger partial charge on any atom is -0.331 e. The molecular formula is C25H27ClN2O2S. The fourth-order valence-electron chi connectivity index (χ4n) is 5.77. The topological polar surface area (TPSA) is 58.2 Å². The van der Waals surface area contributed by atoms with Crippen molar-refractivity contribution in [3.63, 3.8) is 0 Å². The lowest BCUT2D eigenvalue weighted by molar-refractivity contribution is -0.136. The van der Waals surface area contributed by atoms with Gasteiger partial charge >= 0.3 is 0 Å². The molecule has 31 heavy (non-hydrogen) atoms. The molecule has 5 rings (SSSR count). The number of rotatable bonds is 4. The van der Waals surface area contributed by atoms with E-state index in [-0.39, 0.29) is 34.6 Å². The monoisotopic (exact) mass is 454 g/mol. The number of carbonyl (C=O) groups is 2. The number of benzene rings is 2. The first kappa shape index (κ1) is 21.0. The van der Waals surface area contributed by atoms with E-state index in [1.54, 1.807) is 24.3 Å². The molecule has 162 valence electrons. The number of thioether (sulfide) groups is 1. The summed E-state index contributed by atoms with van der Waals surface area (Å²) >= 11 is 7.37. The third kappa shape index (κ3) is 4.04. The number of carbonyl (C=O) groups excluding carboxylic acids is 2. The smallest absolute Gasteiger partial charge is 0.227 e. The van der Waals surface area contributed by atoms with Crippen LogP contribution in [0.5, 0.6) is 0 Å². The van der Waals surface area contributed by atoms with E-state index in [0.29, 0.717) is 16.3 Å². The fraction of sp³-hybridized carbons (Fsp3) is 0.440. The Labute approximate surface area is 192 Å². The number of hydrogen-bond donors (Lipinski definition) is 2. The van der Waals surface area contributed by atoms with Gasteiger partial charge in [0, 0.05) is 16.6 Å². The van der Waals surface area contributed by atoms with E-state index >= 15 is 0 Å². The summed E-state index contributed by atoms with van der Waals surface area (Å²) in [6, 6.07) is 15.5. The molecule has 3 unspecified atom stereocenters. The number of nitrogens with one attached hydrogen (secondary N) is 2. The highest BCUT2D eigenvalue weighted by molar-refractivity contribution is 8.00. The van der Waals surface area contributed by atoms with Crippen molar-refractivity contribution in [3.05, 3.63) is 70.2 Å². The quantitative estimate of drug-likeness (QED) is 0.629. The molecule has 1 saturated heterocycles. The van der Waals surface area contributed by atoms with Gasteiger partial charge in [0.2, 0.25) is 5.91 Å². The van der Waals surface area contributed by atoms with Crippen LogP contribution in [0.15, 0.2) is 48.5 Å². The maximum Gasteiger partial charge on any atom is 0.227 e. The molecule has 6 heteroatoms. The zero-order valence-corrected chi connectivity index (χ0v) is 19.0. The standard InChI is InChI=1S/C25H27ClN2O2S/c26-18-10-8-16(9-11-18)20(29)15-31-24-27-22-19-7-3-2-6-17(19)14-25(12-4-1-5-13-25)21(22)23(30)28-24/h2-3,6-11,21-22,24,27H,1,4-5,12-15H2,(H,28,30). The van der Waals surface area contributed by atoms with E-state index in [1.165, 1.54) is 42.2 Å². The summed E-state index contributed by atoms with van der Waals surface area (Å²) < 4.78 is 0. The van der Waals surface area contributed by atoms with Gasteiger partial charge in [-0.05, 0) is 60.1 Å². The van der Waals surface area contributed by atoms with Crippen LogP contribution in [0.3, 0.4) is 0 Å². The molecule has 0 radical (unpaired) electrons. The van der Waals surface area contributed by atoms with Crippen LogP contribution in [0, 0.1) is 11.3 Å². The zero-order valence-electron chi connectivity index (χ0n) is 17.4. The molecule has 2 aliphatic carbocycles. The summed E-state index contributed by atoms with van der Waals surface area (Å²) in [6.07, 6.45) is 6.89. The molecule has 3 atom stereocenters. The molecule has 3 aliphatic rings. The van der Waals surface area contributed by atoms with Gasteiger partial charge in [-0.1, -0.05) is 55.1 Å². The highest BCUT2D eigenvalue weighted by Gasteiger charge is 2.53. The Morgan fingerprint density at radius 1 is 1.06 bits per heavy atom. The predicted octanol–water partition coefficient (Wildman–Crippen LogP) is 5.12. The molecule has 0 aromatic heterocycles. The van der Waals surface area contributed by atoms with Crippen molar-refractivity contribution < 1.29 is 9.59 Å². The van der Waals surface area contributed by atoms with Crippen LogP contribution >= 0.6 is 23.4 Å². The minimum atomic E-state index is -0.281. The van der Waals surface area contributed by atoms with E-state index in [4.69, 9.17) is 11.6 Å². The molecule has 2 fully saturated rings. The van der Waals surface area contributed by atoms with E-state index in [9.17, 15) is 9.59 Å². The normalized spacial score (nSPS) is 26.6. The number of halogens is 1. The molecule has 1 spiro atoms. The largest absolute Gasteiger partial charge is 0.331 e. The average molecular weight is 455 g/mol. The predicted molar refractivity (Wildman–Crippen MR) is 125 cm³/mol. The van der Waals surface area contributed by atoms with Crippen molar-refractivity contribution in [2.45, 2.75) is 50.1 Å². The molecule has 1 saturated carbocycles. The van der Waals surface area contributed by atoms with Crippen LogP contribution < -0.4 is 10.6 Å². The van der Waals surface area contributed by atoms with Gasteiger partial charge in [0.25, 0.3) is 0 Å². The molecule has 1 heterocycles. The van der Waals surface area contributed by atoms with Crippen LogP contribution in [0.1, 0.15) is 59.6 Å². The molecule has 1 aliphatic heterocycles. The Bertz CT molecular complexity index is 987. The average Bonchev–Trinajstić information content (AvgIpc) is 2.78. The first-order valence-corrected chi connectivity index (χ1v) is 12.5. The second kappa shape index (κ2) is 8.61. The summed E-state index contributed by atoms with van der Waals surface area (Å²) in [5, 5.41) is 7.48. The number of hydrogen-bond acceptors (Lipinski definition) is 4. The van der Waals surface area contributed by atoms with Gasteiger partial charge in [-0.25, -0.2) is 0 Å². The Balaban J connectivity index is 1.35. The second-order valence-corrected chi connectivity index (χ2v) is 10.6. The lowest BCUT2D eigenvalue weighted by Gasteiger charge is -2.53. The molecule has 2 N–H and O–H groups in total. The third-order valence-electron chi connectivity index (χ3n) is 7.21. The van der Waals surface area contributed by atoms with Crippen LogP contribution in [0.25, 0.3) is 0 Å². The minimum absolute atomic E-state index is 0.0000612. The Morgan fingerprint density at radius 3 is 2.58 bits per heavy atom. The van der Waals surface area contributed by atoms with E-state index in [0.717, 1.165) is 19.3 Å². The number of Topliss-reactive ketones (excluding diaryl/α,β-unsaturated/α-hetero) is 1. The summed E-state index contributed by atoms with van der Waals surface area (Å²) in [5.74, 6) is 0.416. The van der Waals surface area contributed by atoms with Crippen molar-refractivity contribution in [1.82, 2.24) is 10.6 Å². The highest BCUT2D eigenvalue weighted by Crippen LogP contribution is 2.54. The van der Waals surface area contributed by atoms with Gasteiger partial charge < -0.3 is 5.32 Å². The molecule has 1 amide bonds. The molecule has 2 aromatic rings. The van der Waals surface area contributed by atoms with Crippen LogP contribution in [-0.2, 0) is 11.2 Å². The highest BCUT2D eigenvalue weighted by atomic mass is 35.5. The zero-order chi connectivity index (χ0) is 21.4. The van der Waals surface area contributed by atoms with Crippen molar-refractivity contribution in [2.75, 3.05) is 5.75 Å². The molecule has 0 bridgehead atoms. The number of amides is 1. The Hall–Kier alpha value is -1.82. The van der Waals surface area contributed by atoms with Gasteiger partial charge in [0.1, 0.15) is 5.50 Å². The van der Waals surface area contributed by atoms with Crippen molar-refractivity contribution in [2.24, 2.45) is 11.3 Å². The fourth-order valence-corrected chi connectivity index (χ4v) is 6.82. The summed E-state index contributed by atoms with van der Waals surface area (Å²) in [5.41, 5.74) is 3.02. The van der Waals surface area contributed by atoms with Gasteiger partial charge in [0.15, 0.2) is 5.78 Å². The molecule has 2 aromatic carbocycles. The summed E-state index contributed by atoms with van der Waals surface area (Å²) in [6.45, 7) is 0. The Morgan fingerprint density at radius 2 is 1.81 bits per heavy atom. The summed E-state index contributed by atoms with van der Waals surface area (Å²) in [4.78, 5) is 26.0. The lowest BCUT2D eigenvalue weighted by atomic mass is 9.56. The maximum absolute atomic E-state index is 13.4. The van der Waals surface area contributed by atoms with Crippen LogP contribution in [-0.4, -0.2) is 22.9 Å². The first-order valence-electron chi connectivity index (χ1n) is 11.1. The third-order valence-corrected chi connectivity index (χ3v) is 8.48.